The molecule has 0 amide bonds. The molecule has 0 saturated heterocycles. The Bertz CT molecular complexity index is 330. The summed E-state index contributed by atoms with van der Waals surface area (Å²) in [5.74, 6) is 0.548. The van der Waals surface area contributed by atoms with E-state index in [-0.39, 0.29) is 0 Å². The molecule has 0 aliphatic rings. The number of nitrogens with zero attached hydrogens (tertiary/aromatic N) is 4. The van der Waals surface area contributed by atoms with E-state index in [9.17, 15) is 0 Å². The highest BCUT2D eigenvalue weighted by atomic mass is 16.5. The zero-order chi connectivity index (χ0) is 8.97. The Morgan fingerprint density at radius 1 is 1.67 bits per heavy atom. The van der Waals surface area contributed by atoms with Crippen LogP contribution >= 0.6 is 0 Å². The van der Waals surface area contributed by atoms with Crippen LogP contribution in [0.2, 0.25) is 0 Å². The largest absolute Gasteiger partial charge is 0.481 e. The summed E-state index contributed by atoms with van der Waals surface area (Å²) >= 11 is 0. The van der Waals surface area contributed by atoms with Gasteiger partial charge in [-0.3, -0.25) is 0 Å². The number of methoxy groups -OCH3 is 1. The molecule has 0 fully saturated rings. The zero-order valence-electron chi connectivity index (χ0n) is 6.85. The predicted octanol–water partition coefficient (Wildman–Crippen LogP) is 2.34. The van der Waals surface area contributed by atoms with Crippen molar-refractivity contribution in [3.8, 4) is 5.88 Å². The van der Waals surface area contributed by atoms with Gasteiger partial charge < -0.3 is 4.74 Å². The van der Waals surface area contributed by atoms with Gasteiger partial charge in [-0.25, -0.2) is 4.98 Å². The van der Waals surface area contributed by atoms with Gasteiger partial charge >= 0.3 is 0 Å². The van der Waals surface area contributed by atoms with Gasteiger partial charge in [0, 0.05) is 16.7 Å². The number of aryl methyl sites for hydroxylation is 1. The van der Waals surface area contributed by atoms with E-state index >= 15 is 0 Å². The van der Waals surface area contributed by atoms with E-state index < -0.39 is 0 Å². The molecule has 0 bridgehead atoms. The van der Waals surface area contributed by atoms with Crippen molar-refractivity contribution in [1.82, 2.24) is 4.98 Å². The van der Waals surface area contributed by atoms with E-state index in [2.05, 4.69) is 15.0 Å². The molecule has 1 heterocycles. The molecule has 0 aliphatic carbocycles. The van der Waals surface area contributed by atoms with E-state index in [1.54, 1.807) is 13.2 Å². The van der Waals surface area contributed by atoms with Crippen molar-refractivity contribution in [2.45, 2.75) is 6.92 Å². The maximum Gasteiger partial charge on any atom is 0.215 e. The number of rotatable bonds is 2. The molecule has 0 saturated carbocycles. The van der Waals surface area contributed by atoms with Crippen molar-refractivity contribution in [1.29, 1.82) is 0 Å². The van der Waals surface area contributed by atoms with Gasteiger partial charge in [-0.1, -0.05) is 5.11 Å². The normalized spacial score (nSPS) is 8.83. The van der Waals surface area contributed by atoms with Gasteiger partial charge in [-0.2, -0.15) is 0 Å². The Morgan fingerprint density at radius 2 is 2.42 bits per heavy atom. The van der Waals surface area contributed by atoms with Gasteiger partial charge in [0.15, 0.2) is 0 Å². The first-order valence-electron chi connectivity index (χ1n) is 3.33. The molecule has 0 atom stereocenters. The lowest BCUT2D eigenvalue weighted by atomic mass is 10.3. The molecule has 5 heteroatoms. The third-order valence-electron chi connectivity index (χ3n) is 1.37. The molecular formula is C7H8N4O. The quantitative estimate of drug-likeness (QED) is 0.382. The molecule has 0 aromatic carbocycles. The third-order valence-corrected chi connectivity index (χ3v) is 1.37. The molecule has 1 aromatic rings. The number of azide groups is 1. The summed E-state index contributed by atoms with van der Waals surface area (Å²) in [6, 6.07) is 1.71. The van der Waals surface area contributed by atoms with Crippen molar-refractivity contribution in [3.63, 3.8) is 0 Å². The third kappa shape index (κ3) is 1.65. The second-order valence-corrected chi connectivity index (χ2v) is 2.21. The molecule has 62 valence electrons. The van der Waals surface area contributed by atoms with E-state index in [4.69, 9.17) is 10.3 Å². The Labute approximate surface area is 69.6 Å². The van der Waals surface area contributed by atoms with Crippen LogP contribution in [-0.2, 0) is 0 Å². The van der Waals surface area contributed by atoms with E-state index in [0.29, 0.717) is 11.6 Å². The lowest BCUT2D eigenvalue weighted by Crippen LogP contribution is -1.89. The Hall–Kier alpha value is -1.74. The highest BCUT2D eigenvalue weighted by Crippen LogP contribution is 2.19. The summed E-state index contributed by atoms with van der Waals surface area (Å²) in [5.41, 5.74) is 9.48. The standard InChI is InChI=1S/C7H8N4O/c1-5-3-6(10-11-8)4-9-7(5)12-2/h3-4H,1-2H3. The van der Waals surface area contributed by atoms with Crippen LogP contribution in [0.15, 0.2) is 17.4 Å². The van der Waals surface area contributed by atoms with Crippen LogP contribution in [0.3, 0.4) is 0 Å². The minimum absolute atomic E-state index is 0.496. The summed E-state index contributed by atoms with van der Waals surface area (Å²) < 4.78 is 4.93. The highest BCUT2D eigenvalue weighted by Gasteiger charge is 1.98. The second-order valence-electron chi connectivity index (χ2n) is 2.21. The highest BCUT2D eigenvalue weighted by molar-refractivity contribution is 5.40. The van der Waals surface area contributed by atoms with Gasteiger partial charge in [-0.15, -0.1) is 0 Å². The van der Waals surface area contributed by atoms with Gasteiger partial charge in [0.1, 0.15) is 0 Å². The molecular weight excluding hydrogens is 156 g/mol. The average Bonchev–Trinajstić information content (AvgIpc) is 2.05. The van der Waals surface area contributed by atoms with Crippen molar-refractivity contribution < 1.29 is 4.74 Å². The van der Waals surface area contributed by atoms with Crippen LogP contribution < -0.4 is 4.74 Å². The summed E-state index contributed by atoms with van der Waals surface area (Å²) in [7, 11) is 1.54. The maximum absolute atomic E-state index is 8.14. The fraction of sp³-hybridized carbons (Fsp3) is 0.286. The summed E-state index contributed by atoms with van der Waals surface area (Å²) in [5, 5.41) is 3.41. The summed E-state index contributed by atoms with van der Waals surface area (Å²) in [6.07, 6.45) is 1.46. The predicted molar refractivity (Wildman–Crippen MR) is 44.3 cm³/mol. The van der Waals surface area contributed by atoms with Gasteiger partial charge in [0.25, 0.3) is 0 Å². The molecule has 1 aromatic heterocycles. The molecule has 1 rings (SSSR count). The Balaban J connectivity index is 3.09. The Morgan fingerprint density at radius 3 is 2.92 bits per heavy atom. The number of pyridine rings is 1. The number of hydrogen-bond acceptors (Lipinski definition) is 3. The van der Waals surface area contributed by atoms with Crippen LogP contribution in [0.25, 0.3) is 10.4 Å². The molecule has 0 N–H and O–H groups in total. The number of hydrogen-bond donors (Lipinski definition) is 0. The lowest BCUT2D eigenvalue weighted by molar-refractivity contribution is 0.394. The fourth-order valence-electron chi connectivity index (χ4n) is 0.867. The van der Waals surface area contributed by atoms with Crippen LogP contribution in [0.4, 0.5) is 5.69 Å². The van der Waals surface area contributed by atoms with Crippen LogP contribution in [0.5, 0.6) is 5.88 Å². The van der Waals surface area contributed by atoms with Crippen molar-refractivity contribution in [3.05, 3.63) is 28.3 Å². The number of aromatic nitrogens is 1. The molecule has 0 spiro atoms. The summed E-state index contributed by atoms with van der Waals surface area (Å²) in [6.45, 7) is 1.84. The van der Waals surface area contributed by atoms with Gasteiger partial charge in [-0.05, 0) is 18.5 Å². The van der Waals surface area contributed by atoms with Crippen LogP contribution in [-0.4, -0.2) is 12.1 Å². The fourth-order valence-corrected chi connectivity index (χ4v) is 0.867. The minimum atomic E-state index is 0.496. The van der Waals surface area contributed by atoms with Gasteiger partial charge in [0.05, 0.1) is 12.8 Å². The van der Waals surface area contributed by atoms with Crippen molar-refractivity contribution in [2.24, 2.45) is 5.11 Å². The number of ether oxygens (including phenoxy) is 1. The van der Waals surface area contributed by atoms with Crippen LogP contribution in [0, 0.1) is 6.92 Å². The van der Waals surface area contributed by atoms with E-state index in [0.717, 1.165) is 5.56 Å². The van der Waals surface area contributed by atoms with Crippen LogP contribution in [0.1, 0.15) is 5.56 Å². The molecule has 0 aliphatic heterocycles. The monoisotopic (exact) mass is 164 g/mol. The van der Waals surface area contributed by atoms with Crippen molar-refractivity contribution in [2.75, 3.05) is 7.11 Å². The molecule has 0 unspecified atom stereocenters. The van der Waals surface area contributed by atoms with E-state index in [1.165, 1.54) is 6.20 Å². The minimum Gasteiger partial charge on any atom is -0.481 e. The van der Waals surface area contributed by atoms with Crippen molar-refractivity contribution >= 4 is 5.69 Å². The molecule has 0 radical (unpaired) electrons. The summed E-state index contributed by atoms with van der Waals surface area (Å²) in [4.78, 5) is 6.57. The first kappa shape index (κ1) is 8.36. The average molecular weight is 164 g/mol. The van der Waals surface area contributed by atoms with Gasteiger partial charge in [0.2, 0.25) is 5.88 Å². The second kappa shape index (κ2) is 3.59. The maximum atomic E-state index is 8.14. The van der Waals surface area contributed by atoms with E-state index in [1.807, 2.05) is 6.92 Å². The topological polar surface area (TPSA) is 70.9 Å². The first-order valence-corrected chi connectivity index (χ1v) is 3.33. The zero-order valence-corrected chi connectivity index (χ0v) is 6.85. The SMILES string of the molecule is COc1ncc(N=[N+]=[N-])cc1C. The Kier molecular flexibility index (Phi) is 2.50. The lowest BCUT2D eigenvalue weighted by Gasteiger charge is -2.01. The first-order chi connectivity index (χ1) is 5.77. The molecule has 5 nitrogen and oxygen atoms in total. The molecule has 12 heavy (non-hydrogen) atoms. The smallest absolute Gasteiger partial charge is 0.215 e.